The summed E-state index contributed by atoms with van der Waals surface area (Å²) in [5.74, 6) is 2.08. The minimum absolute atomic E-state index is 0.0988. The minimum Gasteiger partial charge on any atom is -0.394 e. The number of hydrogen-bond acceptors (Lipinski definition) is 6. The van der Waals surface area contributed by atoms with E-state index in [-0.39, 0.29) is 5.41 Å². The van der Waals surface area contributed by atoms with Crippen molar-refractivity contribution in [2.75, 3.05) is 40.4 Å². The third-order valence-corrected chi connectivity index (χ3v) is 10.8. The lowest BCUT2D eigenvalue weighted by Crippen LogP contribution is -2.62. The van der Waals surface area contributed by atoms with Crippen LogP contribution in [-0.2, 0) is 9.57 Å². The maximum Gasteiger partial charge on any atom is 0.129 e. The molecule has 4 rings (SSSR count). The van der Waals surface area contributed by atoms with Gasteiger partial charge in [-0.3, -0.25) is 0 Å². The van der Waals surface area contributed by atoms with Crippen LogP contribution in [0, 0.1) is 34.5 Å². The highest BCUT2D eigenvalue weighted by Gasteiger charge is 2.67. The number of ether oxygens (including phenoxy) is 1. The molecule has 0 unspecified atom stereocenters. The highest BCUT2D eigenvalue weighted by atomic mass is 16.6. The lowest BCUT2D eigenvalue weighted by Gasteiger charge is -2.63. The van der Waals surface area contributed by atoms with Crippen LogP contribution in [-0.4, -0.2) is 67.8 Å². The van der Waals surface area contributed by atoms with E-state index in [2.05, 4.69) is 30.8 Å². The molecule has 0 aliphatic heterocycles. The Kier molecular flexibility index (Phi) is 8.03. The van der Waals surface area contributed by atoms with Crippen molar-refractivity contribution in [3.63, 3.8) is 0 Å². The molecular formula is C28H51N3O3. The maximum atomic E-state index is 12.4. The van der Waals surface area contributed by atoms with Gasteiger partial charge >= 0.3 is 0 Å². The number of hydrogen-bond donors (Lipinski definition) is 2. The lowest BCUT2D eigenvalue weighted by molar-refractivity contribution is -0.208. The van der Waals surface area contributed by atoms with Gasteiger partial charge in [-0.2, -0.15) is 0 Å². The molecule has 0 radical (unpaired) electrons. The zero-order valence-electron chi connectivity index (χ0n) is 22.5. The van der Waals surface area contributed by atoms with Crippen LogP contribution in [0.25, 0.3) is 0 Å². The van der Waals surface area contributed by atoms with Crippen molar-refractivity contribution in [2.45, 2.75) is 96.7 Å². The third-order valence-electron chi connectivity index (χ3n) is 10.8. The molecule has 34 heavy (non-hydrogen) atoms. The molecule has 8 atom stereocenters. The number of fused-ring (bicyclic) bond motifs is 5. The van der Waals surface area contributed by atoms with Gasteiger partial charge in [0.2, 0.25) is 0 Å². The lowest BCUT2D eigenvalue weighted by atomic mass is 9.43. The maximum absolute atomic E-state index is 12.4. The molecule has 0 saturated heterocycles. The number of rotatable bonds is 9. The summed E-state index contributed by atoms with van der Waals surface area (Å²) in [7, 11) is 4.10. The SMILES string of the molecule is C/C(=N\OCCN(C)C)[C@H]1CC[C@]2(O)[C@@H]3CC[C@@H]4C[C@@H](OCCCN)CC[C@]4(C)[C@H]3CC[C@]12C. The van der Waals surface area contributed by atoms with Crippen molar-refractivity contribution in [1.82, 2.24) is 4.90 Å². The summed E-state index contributed by atoms with van der Waals surface area (Å²) in [5, 5.41) is 16.9. The Balaban J connectivity index is 1.45. The first kappa shape index (κ1) is 26.4. The van der Waals surface area contributed by atoms with E-state index in [4.69, 9.17) is 15.3 Å². The largest absolute Gasteiger partial charge is 0.394 e. The van der Waals surface area contributed by atoms with Crippen LogP contribution in [0.1, 0.15) is 85.0 Å². The van der Waals surface area contributed by atoms with Crippen LogP contribution < -0.4 is 5.73 Å². The molecule has 4 aliphatic carbocycles. The van der Waals surface area contributed by atoms with Gasteiger partial charge in [0, 0.05) is 24.5 Å². The van der Waals surface area contributed by atoms with Crippen LogP contribution >= 0.6 is 0 Å². The Bertz CT molecular complexity index is 730. The van der Waals surface area contributed by atoms with Crippen LogP contribution in [0.2, 0.25) is 0 Å². The summed E-state index contributed by atoms with van der Waals surface area (Å²) in [6.45, 7) is 10.0. The molecule has 196 valence electrons. The van der Waals surface area contributed by atoms with E-state index >= 15 is 0 Å². The van der Waals surface area contributed by atoms with Gasteiger partial charge in [0.1, 0.15) is 6.61 Å². The monoisotopic (exact) mass is 477 g/mol. The average Bonchev–Trinajstić information content (AvgIpc) is 3.08. The Labute approximate surface area is 208 Å². The summed E-state index contributed by atoms with van der Waals surface area (Å²) in [6, 6.07) is 0. The van der Waals surface area contributed by atoms with Crippen molar-refractivity contribution in [1.29, 1.82) is 0 Å². The second kappa shape index (κ2) is 10.4. The topological polar surface area (TPSA) is 80.3 Å². The van der Waals surface area contributed by atoms with Crippen molar-refractivity contribution < 1.29 is 14.7 Å². The van der Waals surface area contributed by atoms with Crippen molar-refractivity contribution in [3.05, 3.63) is 0 Å². The first-order valence-corrected chi connectivity index (χ1v) is 14.0. The predicted octanol–water partition coefficient (Wildman–Crippen LogP) is 4.45. The molecule has 0 bridgehead atoms. The van der Waals surface area contributed by atoms with Crippen LogP contribution in [0.4, 0.5) is 0 Å². The quantitative estimate of drug-likeness (QED) is 0.291. The van der Waals surface area contributed by atoms with Crippen LogP contribution in [0.3, 0.4) is 0 Å². The zero-order valence-corrected chi connectivity index (χ0v) is 22.5. The predicted molar refractivity (Wildman–Crippen MR) is 138 cm³/mol. The minimum atomic E-state index is -0.580. The van der Waals surface area contributed by atoms with E-state index in [9.17, 15) is 5.11 Å². The molecule has 4 fully saturated rings. The van der Waals surface area contributed by atoms with Crippen molar-refractivity contribution in [3.8, 4) is 0 Å². The summed E-state index contributed by atoms with van der Waals surface area (Å²) < 4.78 is 6.20. The third kappa shape index (κ3) is 4.57. The Morgan fingerprint density at radius 3 is 2.56 bits per heavy atom. The molecule has 0 aromatic rings. The molecule has 0 heterocycles. The number of likely N-dealkylation sites (N-methyl/N-ethyl adjacent to an activating group) is 1. The number of oxime groups is 1. The van der Waals surface area contributed by atoms with E-state index in [0.29, 0.717) is 42.4 Å². The zero-order chi connectivity index (χ0) is 24.6. The van der Waals surface area contributed by atoms with Crippen LogP contribution in [0.5, 0.6) is 0 Å². The number of nitrogens with zero attached hydrogens (tertiary/aromatic N) is 2. The van der Waals surface area contributed by atoms with Crippen molar-refractivity contribution >= 4 is 5.71 Å². The Morgan fingerprint density at radius 2 is 1.82 bits per heavy atom. The summed E-state index contributed by atoms with van der Waals surface area (Å²) in [5.41, 5.74) is 6.39. The molecule has 6 heteroatoms. The van der Waals surface area contributed by atoms with Gasteiger partial charge in [0.05, 0.1) is 17.4 Å². The fraction of sp³-hybridized carbons (Fsp3) is 0.964. The van der Waals surface area contributed by atoms with Gasteiger partial charge in [-0.1, -0.05) is 19.0 Å². The molecule has 0 aromatic heterocycles. The average molecular weight is 478 g/mol. The van der Waals surface area contributed by atoms with E-state index < -0.39 is 5.60 Å². The van der Waals surface area contributed by atoms with Gasteiger partial charge in [0.25, 0.3) is 0 Å². The molecular weight excluding hydrogens is 426 g/mol. The highest BCUT2D eigenvalue weighted by molar-refractivity contribution is 5.85. The molecule has 0 spiro atoms. The number of aliphatic hydroxyl groups is 1. The van der Waals surface area contributed by atoms with Crippen molar-refractivity contribution in [2.24, 2.45) is 45.4 Å². The Hall–Kier alpha value is -0.690. The van der Waals surface area contributed by atoms with E-state index in [1.807, 2.05) is 14.1 Å². The van der Waals surface area contributed by atoms with E-state index in [1.165, 1.54) is 25.7 Å². The summed E-state index contributed by atoms with van der Waals surface area (Å²) in [6.07, 6.45) is 11.6. The van der Waals surface area contributed by atoms with E-state index in [0.717, 1.165) is 63.3 Å². The molecule has 6 nitrogen and oxygen atoms in total. The van der Waals surface area contributed by atoms with Gasteiger partial charge in [-0.25, -0.2) is 0 Å². The second-order valence-electron chi connectivity index (χ2n) is 12.7. The smallest absolute Gasteiger partial charge is 0.129 e. The fourth-order valence-electron chi connectivity index (χ4n) is 8.77. The highest BCUT2D eigenvalue weighted by Crippen LogP contribution is 2.69. The molecule has 4 aliphatic rings. The van der Waals surface area contributed by atoms with Gasteiger partial charge in [-0.15, -0.1) is 0 Å². The summed E-state index contributed by atoms with van der Waals surface area (Å²) in [4.78, 5) is 7.77. The first-order chi connectivity index (χ1) is 16.2. The second-order valence-corrected chi connectivity index (χ2v) is 12.7. The standard InChI is InChI=1S/C28H51N3O3/c1-20(30-34-18-16-31(4)5)23-11-14-28(32)25-8-7-21-19-22(33-17-6-15-29)9-12-26(21,2)24(25)10-13-27(23,28)3/h21-25,32H,6-19,29H2,1-5H3/b30-20+/t21-,22+,23-,24+,25-,26+,27-,28+/m1/s1. The first-order valence-electron chi connectivity index (χ1n) is 14.0. The normalized spacial score (nSPS) is 44.5. The summed E-state index contributed by atoms with van der Waals surface area (Å²) >= 11 is 0. The molecule has 3 N–H and O–H groups in total. The molecule has 4 saturated carbocycles. The van der Waals surface area contributed by atoms with E-state index in [1.54, 1.807) is 0 Å². The van der Waals surface area contributed by atoms with Crippen LogP contribution in [0.15, 0.2) is 5.16 Å². The Morgan fingerprint density at radius 1 is 1.03 bits per heavy atom. The number of nitrogens with two attached hydrogens (primary N) is 1. The fourth-order valence-corrected chi connectivity index (χ4v) is 8.77. The van der Waals surface area contributed by atoms with Gasteiger partial charge in [0.15, 0.2) is 0 Å². The molecule has 0 amide bonds. The van der Waals surface area contributed by atoms with Gasteiger partial charge in [-0.05, 0) is 115 Å². The van der Waals surface area contributed by atoms with Gasteiger partial charge < -0.3 is 25.3 Å². The molecule has 0 aromatic carbocycles.